The zero-order valence-electron chi connectivity index (χ0n) is 16.6. The molecule has 2 aliphatic heterocycles. The first-order valence-electron chi connectivity index (χ1n) is 10.6. The molecule has 0 amide bonds. The zero-order valence-corrected chi connectivity index (χ0v) is 16.6. The smallest absolute Gasteiger partial charge is 0.194 e. The average Bonchev–Trinajstić information content (AvgIpc) is 3.44. The van der Waals surface area contributed by atoms with Gasteiger partial charge in [0.1, 0.15) is 5.75 Å². The number of para-hydroxylation sites is 1. The number of nitrogens with one attached hydrogen (secondary N) is 1. The van der Waals surface area contributed by atoms with E-state index in [9.17, 15) is 0 Å². The topological polar surface area (TPSA) is 46.1 Å². The molecule has 3 fully saturated rings. The molecule has 1 N–H and O–H groups in total. The van der Waals surface area contributed by atoms with Crippen LogP contribution in [0.4, 0.5) is 0 Å². The molecule has 4 rings (SSSR count). The Morgan fingerprint density at radius 1 is 1.30 bits per heavy atom. The SMILES string of the molecule is CCNC(=NCc1ccccc1OC1CCCC1)N1CCC2(CCOC2)C1. The molecule has 0 aromatic heterocycles. The monoisotopic (exact) mass is 371 g/mol. The summed E-state index contributed by atoms with van der Waals surface area (Å²) in [5.74, 6) is 2.03. The van der Waals surface area contributed by atoms with Gasteiger partial charge < -0.3 is 19.7 Å². The highest BCUT2D eigenvalue weighted by atomic mass is 16.5. The summed E-state index contributed by atoms with van der Waals surface area (Å²) in [6.07, 6.45) is 7.70. The second kappa shape index (κ2) is 8.51. The number of guanidine groups is 1. The van der Waals surface area contributed by atoms with Gasteiger partial charge in [0.2, 0.25) is 0 Å². The Kier molecular flexibility index (Phi) is 5.86. The quantitative estimate of drug-likeness (QED) is 0.635. The van der Waals surface area contributed by atoms with Gasteiger partial charge in [-0.15, -0.1) is 0 Å². The summed E-state index contributed by atoms with van der Waals surface area (Å²) in [5, 5.41) is 3.49. The summed E-state index contributed by atoms with van der Waals surface area (Å²) in [4.78, 5) is 7.38. The average molecular weight is 372 g/mol. The number of ether oxygens (including phenoxy) is 2. The number of hydrogen-bond donors (Lipinski definition) is 1. The maximum atomic E-state index is 6.28. The highest BCUT2D eigenvalue weighted by Gasteiger charge is 2.42. The van der Waals surface area contributed by atoms with Crippen molar-refractivity contribution < 1.29 is 9.47 Å². The molecular weight excluding hydrogens is 338 g/mol. The van der Waals surface area contributed by atoms with Crippen molar-refractivity contribution in [2.75, 3.05) is 32.8 Å². The van der Waals surface area contributed by atoms with Crippen molar-refractivity contribution in [3.8, 4) is 5.75 Å². The van der Waals surface area contributed by atoms with Crippen LogP contribution in [0.15, 0.2) is 29.3 Å². The third-order valence-corrected chi connectivity index (χ3v) is 6.23. The molecule has 1 saturated carbocycles. The van der Waals surface area contributed by atoms with Crippen LogP contribution in [0, 0.1) is 5.41 Å². The number of rotatable bonds is 5. The molecule has 1 atom stereocenters. The van der Waals surface area contributed by atoms with E-state index in [-0.39, 0.29) is 0 Å². The van der Waals surface area contributed by atoms with Crippen LogP contribution in [0.5, 0.6) is 5.75 Å². The lowest BCUT2D eigenvalue weighted by atomic mass is 9.87. The second-order valence-electron chi connectivity index (χ2n) is 8.28. The number of aliphatic imine (C=N–C) groups is 1. The van der Waals surface area contributed by atoms with E-state index >= 15 is 0 Å². The van der Waals surface area contributed by atoms with Gasteiger partial charge in [-0.05, 0) is 51.5 Å². The molecule has 148 valence electrons. The lowest BCUT2D eigenvalue weighted by Gasteiger charge is -2.25. The van der Waals surface area contributed by atoms with Gasteiger partial charge in [-0.3, -0.25) is 0 Å². The largest absolute Gasteiger partial charge is 0.490 e. The minimum absolute atomic E-state index is 0.347. The normalized spacial score (nSPS) is 26.3. The Hall–Kier alpha value is -1.75. The van der Waals surface area contributed by atoms with Crippen LogP contribution in [0.1, 0.15) is 51.0 Å². The van der Waals surface area contributed by atoms with Crippen molar-refractivity contribution in [1.82, 2.24) is 10.2 Å². The molecule has 2 saturated heterocycles. The molecule has 1 aliphatic carbocycles. The molecule has 27 heavy (non-hydrogen) atoms. The van der Waals surface area contributed by atoms with Crippen molar-refractivity contribution >= 4 is 5.96 Å². The zero-order chi connectivity index (χ0) is 18.5. The van der Waals surface area contributed by atoms with Crippen molar-refractivity contribution in [3.05, 3.63) is 29.8 Å². The van der Waals surface area contributed by atoms with E-state index in [0.717, 1.165) is 44.6 Å². The van der Waals surface area contributed by atoms with E-state index in [4.69, 9.17) is 14.5 Å². The molecule has 1 aromatic rings. The fourth-order valence-corrected chi connectivity index (χ4v) is 4.61. The Morgan fingerprint density at radius 2 is 2.15 bits per heavy atom. The van der Waals surface area contributed by atoms with Crippen LogP contribution in [0.25, 0.3) is 0 Å². The molecule has 5 nitrogen and oxygen atoms in total. The van der Waals surface area contributed by atoms with Crippen LogP contribution in [-0.4, -0.2) is 49.8 Å². The lowest BCUT2D eigenvalue weighted by Crippen LogP contribution is -2.41. The van der Waals surface area contributed by atoms with E-state index in [2.05, 4.69) is 41.4 Å². The summed E-state index contributed by atoms with van der Waals surface area (Å²) < 4.78 is 12.0. The fraction of sp³-hybridized carbons (Fsp3) is 0.682. The summed E-state index contributed by atoms with van der Waals surface area (Å²) in [5.41, 5.74) is 1.53. The Bertz CT molecular complexity index is 649. The molecule has 5 heteroatoms. The van der Waals surface area contributed by atoms with E-state index in [1.54, 1.807) is 0 Å². The summed E-state index contributed by atoms with van der Waals surface area (Å²) in [6, 6.07) is 8.39. The molecule has 0 bridgehead atoms. The van der Waals surface area contributed by atoms with Crippen LogP contribution < -0.4 is 10.1 Å². The summed E-state index contributed by atoms with van der Waals surface area (Å²) >= 11 is 0. The van der Waals surface area contributed by atoms with Crippen molar-refractivity contribution in [2.45, 2.75) is 58.1 Å². The third-order valence-electron chi connectivity index (χ3n) is 6.23. The van der Waals surface area contributed by atoms with Crippen molar-refractivity contribution in [1.29, 1.82) is 0 Å². The number of likely N-dealkylation sites (tertiary alicyclic amines) is 1. The standard InChI is InChI=1S/C22H33N3O2/c1-2-23-21(25-13-11-22(16-25)12-14-26-17-22)24-15-18-7-3-6-10-20(18)27-19-8-4-5-9-19/h3,6-7,10,19H,2,4-5,8-9,11-17H2,1H3,(H,23,24). The summed E-state index contributed by atoms with van der Waals surface area (Å²) in [6.45, 7) is 7.62. The molecule has 0 radical (unpaired) electrons. The Morgan fingerprint density at radius 3 is 2.93 bits per heavy atom. The predicted molar refractivity (Wildman–Crippen MR) is 108 cm³/mol. The maximum absolute atomic E-state index is 6.28. The van der Waals surface area contributed by atoms with Crippen LogP contribution in [0.2, 0.25) is 0 Å². The lowest BCUT2D eigenvalue weighted by molar-refractivity contribution is 0.156. The molecule has 2 heterocycles. The first kappa shape index (κ1) is 18.6. The fourth-order valence-electron chi connectivity index (χ4n) is 4.61. The third kappa shape index (κ3) is 4.40. The van der Waals surface area contributed by atoms with Gasteiger partial charge in [-0.1, -0.05) is 18.2 Å². The maximum Gasteiger partial charge on any atom is 0.194 e. The second-order valence-corrected chi connectivity index (χ2v) is 8.28. The number of nitrogens with zero attached hydrogens (tertiary/aromatic N) is 2. The minimum Gasteiger partial charge on any atom is -0.490 e. The molecule has 1 unspecified atom stereocenters. The van der Waals surface area contributed by atoms with Crippen molar-refractivity contribution in [2.24, 2.45) is 10.4 Å². The van der Waals surface area contributed by atoms with E-state index in [0.29, 0.717) is 18.1 Å². The van der Waals surface area contributed by atoms with Crippen LogP contribution in [-0.2, 0) is 11.3 Å². The molecule has 3 aliphatic rings. The number of benzene rings is 1. The molecule has 1 aromatic carbocycles. The Labute approximate surface area is 163 Å². The van der Waals surface area contributed by atoms with Gasteiger partial charge in [-0.25, -0.2) is 4.99 Å². The van der Waals surface area contributed by atoms with E-state index in [1.807, 2.05) is 0 Å². The van der Waals surface area contributed by atoms with Gasteiger partial charge >= 0.3 is 0 Å². The summed E-state index contributed by atoms with van der Waals surface area (Å²) in [7, 11) is 0. The molecule has 1 spiro atoms. The highest BCUT2D eigenvalue weighted by Crippen LogP contribution is 2.38. The van der Waals surface area contributed by atoms with E-state index in [1.165, 1.54) is 44.1 Å². The first-order valence-corrected chi connectivity index (χ1v) is 10.6. The van der Waals surface area contributed by atoms with Gasteiger partial charge in [0.25, 0.3) is 0 Å². The Balaban J connectivity index is 1.44. The molecular formula is C22H33N3O2. The van der Waals surface area contributed by atoms with Crippen LogP contribution in [0.3, 0.4) is 0 Å². The number of hydrogen-bond acceptors (Lipinski definition) is 3. The first-order chi connectivity index (χ1) is 13.3. The highest BCUT2D eigenvalue weighted by molar-refractivity contribution is 5.80. The van der Waals surface area contributed by atoms with Gasteiger partial charge in [-0.2, -0.15) is 0 Å². The van der Waals surface area contributed by atoms with Gasteiger partial charge in [0.15, 0.2) is 5.96 Å². The van der Waals surface area contributed by atoms with Crippen LogP contribution >= 0.6 is 0 Å². The minimum atomic E-state index is 0.347. The van der Waals surface area contributed by atoms with Crippen molar-refractivity contribution in [3.63, 3.8) is 0 Å². The predicted octanol–water partition coefficient (Wildman–Crippen LogP) is 3.59. The van der Waals surface area contributed by atoms with E-state index < -0.39 is 0 Å². The van der Waals surface area contributed by atoms with Gasteiger partial charge in [0.05, 0.1) is 19.3 Å². The van der Waals surface area contributed by atoms with Gasteiger partial charge in [0, 0.05) is 37.2 Å².